The predicted octanol–water partition coefficient (Wildman–Crippen LogP) is 3.01. The van der Waals surface area contributed by atoms with Crippen LogP contribution in [0.2, 0.25) is 0 Å². The zero-order valence-electron chi connectivity index (χ0n) is 12.4. The number of hydrogen-bond donors (Lipinski definition) is 0. The number of benzene rings is 1. The summed E-state index contributed by atoms with van der Waals surface area (Å²) in [6.07, 6.45) is 2.28. The van der Waals surface area contributed by atoms with Crippen LogP contribution in [-0.4, -0.2) is 23.5 Å². The van der Waals surface area contributed by atoms with E-state index < -0.39 is 10.9 Å². The van der Waals surface area contributed by atoms with E-state index in [1.807, 2.05) is 6.92 Å². The van der Waals surface area contributed by atoms with E-state index >= 15 is 0 Å². The van der Waals surface area contributed by atoms with Crippen LogP contribution < -0.4 is 4.74 Å². The number of rotatable bonds is 9. The van der Waals surface area contributed by atoms with E-state index in [2.05, 4.69) is 0 Å². The number of unbranched alkanes of at least 4 members (excludes halogenated alkanes) is 1. The van der Waals surface area contributed by atoms with Gasteiger partial charge in [-0.3, -0.25) is 19.7 Å². The highest BCUT2D eigenvalue weighted by Crippen LogP contribution is 2.19. The van der Waals surface area contributed by atoms with Crippen LogP contribution in [0.4, 0.5) is 5.69 Å². The number of esters is 2. The Bertz CT molecular complexity index is 529. The number of carbonyl (C=O) groups excluding carboxylic acids is 2. The minimum atomic E-state index is -0.566. The minimum Gasteiger partial charge on any atom is -0.466 e. The molecule has 7 heteroatoms. The smallest absolute Gasteiger partial charge is 0.311 e. The van der Waals surface area contributed by atoms with Crippen LogP contribution in [0.15, 0.2) is 24.3 Å². The fourth-order valence-corrected chi connectivity index (χ4v) is 1.62. The minimum absolute atomic E-state index is 0.0472. The summed E-state index contributed by atoms with van der Waals surface area (Å²) in [5.41, 5.74) is -0.148. The molecule has 0 amide bonds. The molecule has 1 aromatic rings. The van der Waals surface area contributed by atoms with Crippen molar-refractivity contribution < 1.29 is 24.0 Å². The van der Waals surface area contributed by atoms with E-state index in [-0.39, 0.29) is 30.2 Å². The van der Waals surface area contributed by atoms with E-state index in [0.717, 1.165) is 12.8 Å². The maximum Gasteiger partial charge on any atom is 0.311 e. The highest BCUT2D eigenvalue weighted by molar-refractivity contribution is 5.74. The topological polar surface area (TPSA) is 95.7 Å². The van der Waals surface area contributed by atoms with Crippen molar-refractivity contribution >= 4 is 17.6 Å². The molecule has 0 aliphatic carbocycles. The largest absolute Gasteiger partial charge is 0.466 e. The molecule has 0 aromatic heterocycles. The Kier molecular flexibility index (Phi) is 7.60. The van der Waals surface area contributed by atoms with Gasteiger partial charge < -0.3 is 9.47 Å². The van der Waals surface area contributed by atoms with Gasteiger partial charge in [-0.25, -0.2) is 0 Å². The van der Waals surface area contributed by atoms with Gasteiger partial charge in [-0.05, 0) is 18.9 Å². The van der Waals surface area contributed by atoms with Gasteiger partial charge in [0.2, 0.25) is 0 Å². The first kappa shape index (κ1) is 17.6. The molecular formula is C15H19NO6. The molecule has 0 saturated carbocycles. The second-order valence-electron chi connectivity index (χ2n) is 4.66. The van der Waals surface area contributed by atoms with Crippen LogP contribution in [0.25, 0.3) is 0 Å². The fraction of sp³-hybridized carbons (Fsp3) is 0.467. The molecule has 0 radical (unpaired) electrons. The van der Waals surface area contributed by atoms with Crippen molar-refractivity contribution in [1.82, 2.24) is 0 Å². The van der Waals surface area contributed by atoms with E-state index in [4.69, 9.17) is 9.47 Å². The third-order valence-electron chi connectivity index (χ3n) is 2.78. The molecule has 1 aromatic carbocycles. The van der Waals surface area contributed by atoms with Crippen molar-refractivity contribution in [2.75, 3.05) is 6.61 Å². The SMILES string of the molecule is CCCCOC(=O)CCCC(=O)Oc1cccc([N+](=O)[O-])c1. The highest BCUT2D eigenvalue weighted by atomic mass is 16.6. The summed E-state index contributed by atoms with van der Waals surface area (Å²) < 4.78 is 9.95. The molecule has 0 heterocycles. The molecule has 0 unspecified atom stereocenters. The lowest BCUT2D eigenvalue weighted by atomic mass is 10.2. The monoisotopic (exact) mass is 309 g/mol. The number of nitrogens with zero attached hydrogens (tertiary/aromatic N) is 1. The third kappa shape index (κ3) is 6.83. The summed E-state index contributed by atoms with van der Waals surface area (Å²) >= 11 is 0. The van der Waals surface area contributed by atoms with E-state index in [9.17, 15) is 19.7 Å². The number of nitro benzene ring substituents is 1. The number of non-ortho nitro benzene ring substituents is 1. The van der Waals surface area contributed by atoms with Gasteiger partial charge in [0.05, 0.1) is 17.6 Å². The van der Waals surface area contributed by atoms with E-state index in [1.54, 1.807) is 0 Å². The van der Waals surface area contributed by atoms with Crippen molar-refractivity contribution in [2.24, 2.45) is 0 Å². The zero-order chi connectivity index (χ0) is 16.4. The molecule has 0 atom stereocenters. The van der Waals surface area contributed by atoms with Crippen LogP contribution in [0.1, 0.15) is 39.0 Å². The summed E-state index contributed by atoms with van der Waals surface area (Å²) in [7, 11) is 0. The second-order valence-corrected chi connectivity index (χ2v) is 4.66. The maximum atomic E-state index is 11.6. The summed E-state index contributed by atoms with van der Waals surface area (Å²) in [5, 5.41) is 10.6. The Morgan fingerprint density at radius 2 is 1.91 bits per heavy atom. The summed E-state index contributed by atoms with van der Waals surface area (Å²) in [5.74, 6) is -0.761. The fourth-order valence-electron chi connectivity index (χ4n) is 1.62. The molecule has 0 saturated heterocycles. The predicted molar refractivity (Wildman–Crippen MR) is 78.4 cm³/mol. The highest BCUT2D eigenvalue weighted by Gasteiger charge is 2.11. The number of nitro groups is 1. The molecule has 0 spiro atoms. The third-order valence-corrected chi connectivity index (χ3v) is 2.78. The lowest BCUT2D eigenvalue weighted by Gasteiger charge is -2.05. The number of carbonyl (C=O) groups is 2. The summed E-state index contributed by atoms with van der Waals surface area (Å²) in [6.45, 7) is 2.39. The quantitative estimate of drug-likeness (QED) is 0.229. The van der Waals surface area contributed by atoms with Crippen LogP contribution in [0.3, 0.4) is 0 Å². The van der Waals surface area contributed by atoms with Crippen molar-refractivity contribution in [1.29, 1.82) is 0 Å². The molecule has 120 valence electrons. The molecule has 0 fully saturated rings. The average molecular weight is 309 g/mol. The maximum absolute atomic E-state index is 11.6. The van der Waals surface area contributed by atoms with Gasteiger partial charge in [0.25, 0.3) is 5.69 Å². The van der Waals surface area contributed by atoms with Crippen LogP contribution in [0.5, 0.6) is 5.75 Å². The summed E-state index contributed by atoms with van der Waals surface area (Å²) in [6, 6.07) is 5.39. The molecule has 0 bridgehead atoms. The zero-order valence-corrected chi connectivity index (χ0v) is 12.4. The average Bonchev–Trinajstić information content (AvgIpc) is 2.47. The van der Waals surface area contributed by atoms with Gasteiger partial charge in [0.1, 0.15) is 5.75 Å². The first-order chi connectivity index (χ1) is 10.5. The lowest BCUT2D eigenvalue weighted by molar-refractivity contribution is -0.384. The van der Waals surface area contributed by atoms with Gasteiger partial charge in [-0.1, -0.05) is 19.4 Å². The molecule has 0 aliphatic heterocycles. The molecular weight excluding hydrogens is 290 g/mol. The van der Waals surface area contributed by atoms with Gasteiger partial charge >= 0.3 is 11.9 Å². The van der Waals surface area contributed by atoms with Gasteiger partial charge in [-0.2, -0.15) is 0 Å². The van der Waals surface area contributed by atoms with Crippen molar-refractivity contribution in [2.45, 2.75) is 39.0 Å². The van der Waals surface area contributed by atoms with E-state index in [1.165, 1.54) is 24.3 Å². The summed E-state index contributed by atoms with van der Waals surface area (Å²) in [4.78, 5) is 33.0. The second kappa shape index (κ2) is 9.49. The lowest BCUT2D eigenvalue weighted by Crippen LogP contribution is -2.10. The normalized spacial score (nSPS) is 10.0. The molecule has 0 aliphatic rings. The van der Waals surface area contributed by atoms with Gasteiger partial charge in [0.15, 0.2) is 0 Å². The Morgan fingerprint density at radius 1 is 1.18 bits per heavy atom. The van der Waals surface area contributed by atoms with Gasteiger partial charge in [0, 0.05) is 18.9 Å². The molecule has 0 N–H and O–H groups in total. The Morgan fingerprint density at radius 3 is 2.59 bits per heavy atom. The Balaban J connectivity index is 2.30. The van der Waals surface area contributed by atoms with Gasteiger partial charge in [-0.15, -0.1) is 0 Å². The van der Waals surface area contributed by atoms with E-state index in [0.29, 0.717) is 13.0 Å². The van der Waals surface area contributed by atoms with Crippen LogP contribution in [-0.2, 0) is 14.3 Å². The van der Waals surface area contributed by atoms with Crippen molar-refractivity contribution in [3.8, 4) is 5.75 Å². The molecule has 22 heavy (non-hydrogen) atoms. The number of hydrogen-bond acceptors (Lipinski definition) is 6. The van der Waals surface area contributed by atoms with Crippen LogP contribution >= 0.6 is 0 Å². The molecule has 1 rings (SSSR count). The van der Waals surface area contributed by atoms with Crippen molar-refractivity contribution in [3.05, 3.63) is 34.4 Å². The Labute approximate surface area is 128 Å². The number of ether oxygens (including phenoxy) is 2. The molecule has 7 nitrogen and oxygen atoms in total. The first-order valence-corrected chi connectivity index (χ1v) is 7.13. The standard InChI is InChI=1S/C15H19NO6/c1-2-3-10-21-14(17)8-5-9-15(18)22-13-7-4-6-12(11-13)16(19)20/h4,6-7,11H,2-3,5,8-10H2,1H3. The van der Waals surface area contributed by atoms with Crippen LogP contribution in [0, 0.1) is 10.1 Å². The first-order valence-electron chi connectivity index (χ1n) is 7.13. The van der Waals surface area contributed by atoms with Crippen molar-refractivity contribution in [3.63, 3.8) is 0 Å². The Hall–Kier alpha value is -2.44.